The zero-order valence-corrected chi connectivity index (χ0v) is 22.6. The lowest BCUT2D eigenvalue weighted by molar-refractivity contribution is -0.129. The fourth-order valence-corrected chi connectivity index (χ4v) is 5.55. The van der Waals surface area contributed by atoms with E-state index in [1.807, 2.05) is 23.5 Å². The maximum Gasteiger partial charge on any atom is 0.219 e. The minimum atomic E-state index is -0.102. The van der Waals surface area contributed by atoms with Crippen molar-refractivity contribution < 1.29 is 9.53 Å². The number of aromatic nitrogens is 5. The van der Waals surface area contributed by atoms with Crippen molar-refractivity contribution in [1.29, 1.82) is 0 Å². The molecule has 38 heavy (non-hydrogen) atoms. The van der Waals surface area contributed by atoms with E-state index in [0.29, 0.717) is 12.6 Å². The topological polar surface area (TPSA) is 86.0 Å². The van der Waals surface area contributed by atoms with Crippen LogP contribution >= 0.6 is 0 Å². The third-order valence-electron chi connectivity index (χ3n) is 7.71. The number of amides is 1. The molecule has 2 aliphatic rings. The summed E-state index contributed by atoms with van der Waals surface area (Å²) in [6.45, 7) is 10.8. The molecule has 8 heteroatoms. The Labute approximate surface area is 223 Å². The Bertz CT molecular complexity index is 1500. The second kappa shape index (κ2) is 9.58. The van der Waals surface area contributed by atoms with Gasteiger partial charge in [-0.25, -0.2) is 9.97 Å². The highest BCUT2D eigenvalue weighted by Crippen LogP contribution is 2.37. The van der Waals surface area contributed by atoms with E-state index in [9.17, 15) is 4.79 Å². The molecule has 8 nitrogen and oxygen atoms in total. The fraction of sp³-hybridized carbons (Fsp3) is 0.433. The van der Waals surface area contributed by atoms with E-state index < -0.39 is 0 Å². The average Bonchev–Trinajstić information content (AvgIpc) is 3.31. The Balaban J connectivity index is 1.43. The van der Waals surface area contributed by atoms with Crippen molar-refractivity contribution in [3.05, 3.63) is 59.9 Å². The van der Waals surface area contributed by atoms with Crippen LogP contribution in [0.1, 0.15) is 63.7 Å². The first-order valence-electron chi connectivity index (χ1n) is 13.4. The number of ether oxygens (including phenoxy) is 1. The Morgan fingerprint density at radius 2 is 1.82 bits per heavy atom. The summed E-state index contributed by atoms with van der Waals surface area (Å²) in [4.78, 5) is 28.2. The second-order valence-corrected chi connectivity index (χ2v) is 11.4. The van der Waals surface area contributed by atoms with Crippen LogP contribution in [0.3, 0.4) is 0 Å². The van der Waals surface area contributed by atoms with Crippen molar-refractivity contribution in [3.8, 4) is 22.5 Å². The maximum absolute atomic E-state index is 12.3. The Morgan fingerprint density at radius 3 is 2.53 bits per heavy atom. The van der Waals surface area contributed by atoms with Crippen LogP contribution in [0.5, 0.6) is 0 Å². The summed E-state index contributed by atoms with van der Waals surface area (Å²) in [5.74, 6) is 0.915. The molecule has 5 heterocycles. The summed E-state index contributed by atoms with van der Waals surface area (Å²) < 4.78 is 7.86. The molecule has 0 radical (unpaired) electrons. The van der Waals surface area contributed by atoms with Gasteiger partial charge in [-0.2, -0.15) is 5.10 Å². The van der Waals surface area contributed by atoms with Gasteiger partial charge in [0.2, 0.25) is 5.91 Å². The maximum atomic E-state index is 12.3. The molecule has 0 aliphatic carbocycles. The van der Waals surface area contributed by atoms with Crippen LogP contribution in [0.4, 0.5) is 0 Å². The zero-order chi connectivity index (χ0) is 26.4. The van der Waals surface area contributed by atoms with Gasteiger partial charge >= 0.3 is 0 Å². The highest BCUT2D eigenvalue weighted by molar-refractivity contribution is 5.97. The minimum Gasteiger partial charge on any atom is -0.381 e. The molecule has 0 atom stereocenters. The molecule has 1 aromatic carbocycles. The van der Waals surface area contributed by atoms with Gasteiger partial charge in [0, 0.05) is 91.4 Å². The number of rotatable bonds is 3. The van der Waals surface area contributed by atoms with Gasteiger partial charge in [0.05, 0.1) is 17.4 Å². The fourth-order valence-electron chi connectivity index (χ4n) is 5.55. The first-order valence-corrected chi connectivity index (χ1v) is 13.4. The lowest BCUT2D eigenvalue weighted by Crippen LogP contribution is -2.35. The van der Waals surface area contributed by atoms with E-state index >= 15 is 0 Å². The van der Waals surface area contributed by atoms with Crippen LogP contribution in [0.2, 0.25) is 0 Å². The number of fused-ring (bicyclic) bond motifs is 2. The molecule has 0 bridgehead atoms. The third kappa shape index (κ3) is 4.47. The van der Waals surface area contributed by atoms with Gasteiger partial charge in [-0.05, 0) is 24.3 Å². The standard InChI is InChI=1S/C30H34N6O2/c1-19(37)35-11-8-27-25(18-35)28(34-36(27)22-9-12-38-13-10-22)23-7-5-6-20-14-26(31-17-24(20)23)21-15-32-29(33-16-21)30(2,3)4/h5-7,14-17,22H,8-13,18H2,1-4H3. The third-order valence-corrected chi connectivity index (χ3v) is 7.71. The van der Waals surface area contributed by atoms with Crippen LogP contribution in [0.15, 0.2) is 42.9 Å². The number of nitrogens with zero attached hydrogens (tertiary/aromatic N) is 6. The predicted molar refractivity (Wildman–Crippen MR) is 147 cm³/mol. The summed E-state index contributed by atoms with van der Waals surface area (Å²) in [7, 11) is 0. The summed E-state index contributed by atoms with van der Waals surface area (Å²) in [6, 6.07) is 8.72. The van der Waals surface area contributed by atoms with E-state index in [1.165, 1.54) is 5.69 Å². The smallest absolute Gasteiger partial charge is 0.219 e. The van der Waals surface area contributed by atoms with E-state index in [4.69, 9.17) is 14.8 Å². The number of carbonyl (C=O) groups is 1. The van der Waals surface area contributed by atoms with E-state index in [0.717, 1.165) is 83.7 Å². The van der Waals surface area contributed by atoms with E-state index in [2.05, 4.69) is 59.7 Å². The first kappa shape index (κ1) is 24.7. The highest BCUT2D eigenvalue weighted by atomic mass is 16.5. The Kier molecular flexibility index (Phi) is 6.22. The summed E-state index contributed by atoms with van der Waals surface area (Å²) in [6.07, 6.45) is 8.38. The largest absolute Gasteiger partial charge is 0.381 e. The molecule has 4 aromatic rings. The van der Waals surface area contributed by atoms with Crippen molar-refractivity contribution in [3.63, 3.8) is 0 Å². The normalized spacial score (nSPS) is 16.6. The molecular formula is C30H34N6O2. The number of benzene rings is 1. The molecular weight excluding hydrogens is 476 g/mol. The lowest BCUT2D eigenvalue weighted by Gasteiger charge is -2.29. The Morgan fingerprint density at radius 1 is 1.05 bits per heavy atom. The van der Waals surface area contributed by atoms with Crippen molar-refractivity contribution >= 4 is 16.7 Å². The molecule has 1 fully saturated rings. The quantitative estimate of drug-likeness (QED) is 0.381. The van der Waals surface area contributed by atoms with Crippen LogP contribution in [0.25, 0.3) is 33.3 Å². The number of carbonyl (C=O) groups excluding carboxylic acids is 1. The summed E-state index contributed by atoms with van der Waals surface area (Å²) >= 11 is 0. The van der Waals surface area contributed by atoms with Crippen LogP contribution in [-0.4, -0.2) is 55.3 Å². The first-order chi connectivity index (χ1) is 18.3. The summed E-state index contributed by atoms with van der Waals surface area (Å²) in [5, 5.41) is 7.35. The van der Waals surface area contributed by atoms with Gasteiger partial charge in [-0.15, -0.1) is 0 Å². The monoisotopic (exact) mass is 510 g/mol. The van der Waals surface area contributed by atoms with Crippen LogP contribution in [0, 0.1) is 0 Å². The van der Waals surface area contributed by atoms with Crippen LogP contribution < -0.4 is 0 Å². The van der Waals surface area contributed by atoms with Gasteiger partial charge < -0.3 is 9.64 Å². The molecule has 1 amide bonds. The molecule has 6 rings (SSSR count). The molecule has 3 aromatic heterocycles. The minimum absolute atomic E-state index is 0.101. The van der Waals surface area contributed by atoms with E-state index in [1.54, 1.807) is 6.92 Å². The zero-order valence-electron chi connectivity index (χ0n) is 22.6. The average molecular weight is 511 g/mol. The summed E-state index contributed by atoms with van der Waals surface area (Å²) in [5.41, 5.74) is 6.04. The van der Waals surface area contributed by atoms with Gasteiger partial charge in [0.1, 0.15) is 5.82 Å². The van der Waals surface area contributed by atoms with Crippen molar-refractivity contribution in [2.45, 2.75) is 65.0 Å². The van der Waals surface area contributed by atoms with Crippen molar-refractivity contribution in [1.82, 2.24) is 29.6 Å². The molecule has 0 spiro atoms. The van der Waals surface area contributed by atoms with Gasteiger partial charge in [0.25, 0.3) is 0 Å². The molecule has 0 unspecified atom stereocenters. The molecule has 2 aliphatic heterocycles. The van der Waals surface area contributed by atoms with Gasteiger partial charge in [-0.1, -0.05) is 39.0 Å². The van der Waals surface area contributed by atoms with Crippen molar-refractivity contribution in [2.24, 2.45) is 0 Å². The number of pyridine rings is 1. The highest BCUT2D eigenvalue weighted by Gasteiger charge is 2.30. The number of hydrogen-bond donors (Lipinski definition) is 0. The Hall–Kier alpha value is -3.65. The molecule has 0 saturated carbocycles. The predicted octanol–water partition coefficient (Wildman–Crippen LogP) is 5.11. The van der Waals surface area contributed by atoms with Crippen molar-refractivity contribution in [2.75, 3.05) is 19.8 Å². The molecule has 1 saturated heterocycles. The molecule has 0 N–H and O–H groups in total. The van der Waals surface area contributed by atoms with Crippen LogP contribution in [-0.2, 0) is 27.9 Å². The molecule has 196 valence electrons. The van der Waals surface area contributed by atoms with Gasteiger partial charge in [-0.3, -0.25) is 14.5 Å². The lowest BCUT2D eigenvalue weighted by atomic mass is 9.95. The number of hydrogen-bond acceptors (Lipinski definition) is 6. The van der Waals surface area contributed by atoms with Gasteiger partial charge in [0.15, 0.2) is 0 Å². The van der Waals surface area contributed by atoms with E-state index in [-0.39, 0.29) is 11.3 Å². The SMILES string of the molecule is CC(=O)N1CCc2c(c(-c3cccc4cc(-c5cnc(C(C)(C)C)nc5)ncc34)nn2C2CCOCC2)C1. The second-order valence-electron chi connectivity index (χ2n) is 11.4.